The first-order valence-corrected chi connectivity index (χ1v) is 8.98. The predicted octanol–water partition coefficient (Wildman–Crippen LogP) is 5.13. The second-order valence-corrected chi connectivity index (χ2v) is 6.50. The van der Waals surface area contributed by atoms with E-state index in [0.29, 0.717) is 17.2 Å². The molecule has 3 rings (SSSR count). The summed E-state index contributed by atoms with van der Waals surface area (Å²) in [7, 11) is 0. The lowest BCUT2D eigenvalue weighted by Crippen LogP contribution is -2.13. The van der Waals surface area contributed by atoms with Gasteiger partial charge in [-0.3, -0.25) is 9.78 Å². The van der Waals surface area contributed by atoms with Crippen LogP contribution in [0.2, 0.25) is 5.02 Å². The number of nitrogens with zero attached hydrogens (tertiary/aromatic N) is 1. The normalized spacial score (nSPS) is 11.1. The van der Waals surface area contributed by atoms with Crippen LogP contribution >= 0.6 is 11.6 Å². The number of primary amides is 1. The highest BCUT2D eigenvalue weighted by atomic mass is 35.5. The lowest BCUT2D eigenvalue weighted by atomic mass is 10.2. The van der Waals surface area contributed by atoms with Gasteiger partial charge in [0.25, 0.3) is 5.91 Å². The molecule has 4 N–H and O–H groups in total. The quantitative estimate of drug-likeness (QED) is 0.447. The monoisotopic (exact) mass is 436 g/mol. The van der Waals surface area contributed by atoms with Gasteiger partial charge in [-0.25, -0.2) is 0 Å². The van der Waals surface area contributed by atoms with Crippen molar-refractivity contribution in [1.82, 2.24) is 4.98 Å². The van der Waals surface area contributed by atoms with Crippen molar-refractivity contribution >= 4 is 28.9 Å². The van der Waals surface area contributed by atoms with Crippen LogP contribution in [0.3, 0.4) is 0 Å². The molecule has 2 aromatic carbocycles. The van der Waals surface area contributed by atoms with Crippen molar-refractivity contribution in [1.29, 1.82) is 0 Å². The summed E-state index contributed by atoms with van der Waals surface area (Å²) in [5.74, 6) is 0.266. The maximum atomic E-state index is 12.9. The summed E-state index contributed by atoms with van der Waals surface area (Å²) in [6.07, 6.45) is -3.11. The zero-order valence-electron chi connectivity index (χ0n) is 15.3. The molecule has 0 spiro atoms. The number of pyridine rings is 1. The molecule has 0 unspecified atom stereocenters. The number of hydrogen-bond acceptors (Lipinski definition) is 5. The Morgan fingerprint density at radius 2 is 1.67 bits per heavy atom. The van der Waals surface area contributed by atoms with Crippen molar-refractivity contribution in [2.75, 3.05) is 17.3 Å². The molecule has 30 heavy (non-hydrogen) atoms. The summed E-state index contributed by atoms with van der Waals surface area (Å²) in [6.45, 7) is 0.186. The Labute approximate surface area is 174 Å². The van der Waals surface area contributed by atoms with Crippen LogP contribution in [0.1, 0.15) is 16.1 Å². The van der Waals surface area contributed by atoms with Gasteiger partial charge in [-0.1, -0.05) is 11.6 Å². The van der Waals surface area contributed by atoms with E-state index in [2.05, 4.69) is 15.6 Å². The third-order valence-electron chi connectivity index (χ3n) is 3.93. The lowest BCUT2D eigenvalue weighted by Gasteiger charge is -2.13. The Morgan fingerprint density at radius 1 is 1.00 bits per heavy atom. The molecule has 0 aliphatic heterocycles. The van der Waals surface area contributed by atoms with Crippen LogP contribution < -0.4 is 21.1 Å². The van der Waals surface area contributed by atoms with Crippen molar-refractivity contribution < 1.29 is 22.7 Å². The van der Waals surface area contributed by atoms with Gasteiger partial charge in [-0.15, -0.1) is 0 Å². The average Bonchev–Trinajstić information content (AvgIpc) is 2.70. The Hall–Kier alpha value is -3.46. The first-order valence-electron chi connectivity index (χ1n) is 8.60. The van der Waals surface area contributed by atoms with Crippen LogP contribution in [0.25, 0.3) is 0 Å². The number of halogens is 4. The summed E-state index contributed by atoms with van der Waals surface area (Å²) in [5.41, 5.74) is 5.38. The maximum Gasteiger partial charge on any atom is 0.417 e. The fraction of sp³-hybridized carbons (Fsp3) is 0.100. The van der Waals surface area contributed by atoms with E-state index < -0.39 is 17.6 Å². The van der Waals surface area contributed by atoms with Crippen LogP contribution in [-0.4, -0.2) is 17.6 Å². The summed E-state index contributed by atoms with van der Waals surface area (Å²) < 4.78 is 44.4. The first kappa shape index (κ1) is 21.3. The van der Waals surface area contributed by atoms with E-state index in [-0.39, 0.29) is 23.1 Å². The largest absolute Gasteiger partial charge is 0.457 e. The van der Waals surface area contributed by atoms with E-state index in [9.17, 15) is 18.0 Å². The van der Waals surface area contributed by atoms with Gasteiger partial charge in [0.15, 0.2) is 0 Å². The molecule has 0 saturated heterocycles. The highest BCUT2D eigenvalue weighted by Gasteiger charge is 2.33. The van der Waals surface area contributed by atoms with Gasteiger partial charge in [0.05, 0.1) is 17.3 Å². The highest BCUT2D eigenvalue weighted by Crippen LogP contribution is 2.36. The molecule has 0 bridgehead atoms. The Morgan fingerprint density at radius 3 is 2.33 bits per heavy atom. The second-order valence-electron chi connectivity index (χ2n) is 6.09. The lowest BCUT2D eigenvalue weighted by molar-refractivity contribution is -0.137. The summed E-state index contributed by atoms with van der Waals surface area (Å²) >= 11 is 5.61. The topological polar surface area (TPSA) is 89.3 Å². The number of anilines is 2. The fourth-order valence-electron chi connectivity index (χ4n) is 2.49. The maximum absolute atomic E-state index is 12.9. The first-order chi connectivity index (χ1) is 14.2. The number of carbonyl (C=O) groups excluding carboxylic acids is 1. The van der Waals surface area contributed by atoms with Crippen molar-refractivity contribution in [3.05, 3.63) is 77.1 Å². The molecule has 0 radical (unpaired) electrons. The SMILES string of the molecule is NC(=O)c1cc(Oc2ccc(NCNc3ccc(Cl)c(C(F)(F)F)c3)cc2)ccn1. The number of amides is 1. The number of nitrogens with two attached hydrogens (primary N) is 1. The zero-order valence-corrected chi connectivity index (χ0v) is 16.1. The van der Waals surface area contributed by atoms with E-state index in [1.807, 2.05) is 0 Å². The van der Waals surface area contributed by atoms with Crippen molar-refractivity contribution in [3.8, 4) is 11.5 Å². The minimum absolute atomic E-state index is 0.0905. The number of alkyl halides is 3. The molecule has 0 fully saturated rings. The molecule has 6 nitrogen and oxygen atoms in total. The highest BCUT2D eigenvalue weighted by molar-refractivity contribution is 6.31. The van der Waals surface area contributed by atoms with Crippen molar-refractivity contribution in [3.63, 3.8) is 0 Å². The Bertz CT molecular complexity index is 1040. The van der Waals surface area contributed by atoms with E-state index >= 15 is 0 Å². The van der Waals surface area contributed by atoms with Crippen LogP contribution in [0, 0.1) is 0 Å². The zero-order chi connectivity index (χ0) is 21.7. The number of rotatable bonds is 7. The van der Waals surface area contributed by atoms with Gasteiger partial charge >= 0.3 is 6.18 Å². The Balaban J connectivity index is 1.57. The molecule has 1 amide bonds. The number of nitrogens with one attached hydrogen (secondary N) is 2. The van der Waals surface area contributed by atoms with E-state index in [1.54, 1.807) is 30.3 Å². The Kier molecular flexibility index (Phi) is 6.31. The van der Waals surface area contributed by atoms with Gasteiger partial charge in [-0.2, -0.15) is 13.2 Å². The van der Waals surface area contributed by atoms with Crippen LogP contribution in [0.5, 0.6) is 11.5 Å². The third kappa shape index (κ3) is 5.54. The van der Waals surface area contributed by atoms with Crippen LogP contribution in [-0.2, 0) is 6.18 Å². The summed E-state index contributed by atoms with van der Waals surface area (Å²) in [6, 6.07) is 13.5. The molecule has 10 heteroatoms. The molecule has 1 aromatic heterocycles. The van der Waals surface area contributed by atoms with Gasteiger partial charge in [0.2, 0.25) is 0 Å². The van der Waals surface area contributed by atoms with E-state index in [0.717, 1.165) is 6.07 Å². The standard InChI is InChI=1S/C20H16ClF3N4O2/c21-17-6-3-13(9-16(17)20(22,23)24)28-11-27-12-1-4-14(5-2-12)30-15-7-8-26-18(10-15)19(25)29/h1-10,27-28H,11H2,(H2,25,29). The van der Waals surface area contributed by atoms with Crippen molar-refractivity contribution in [2.45, 2.75) is 6.18 Å². The molecule has 0 saturated carbocycles. The molecular weight excluding hydrogens is 421 g/mol. The average molecular weight is 437 g/mol. The van der Waals surface area contributed by atoms with Crippen LogP contribution in [0.4, 0.5) is 24.5 Å². The van der Waals surface area contributed by atoms with E-state index in [4.69, 9.17) is 22.1 Å². The number of ether oxygens (including phenoxy) is 1. The predicted molar refractivity (Wildman–Crippen MR) is 108 cm³/mol. The number of aromatic nitrogens is 1. The number of carbonyl (C=O) groups is 1. The fourth-order valence-corrected chi connectivity index (χ4v) is 2.71. The molecule has 3 aromatic rings. The molecule has 0 aliphatic carbocycles. The summed E-state index contributed by atoms with van der Waals surface area (Å²) in [5, 5.41) is 5.53. The van der Waals surface area contributed by atoms with Gasteiger partial charge in [0, 0.05) is 23.6 Å². The minimum atomic E-state index is -4.52. The van der Waals surface area contributed by atoms with Crippen LogP contribution in [0.15, 0.2) is 60.8 Å². The summed E-state index contributed by atoms with van der Waals surface area (Å²) in [4.78, 5) is 15.0. The molecule has 0 atom stereocenters. The minimum Gasteiger partial charge on any atom is -0.457 e. The molecule has 0 aliphatic rings. The van der Waals surface area contributed by atoms with E-state index in [1.165, 1.54) is 24.4 Å². The molecule has 1 heterocycles. The smallest absolute Gasteiger partial charge is 0.417 e. The number of benzene rings is 2. The van der Waals surface area contributed by atoms with Gasteiger partial charge in [0.1, 0.15) is 17.2 Å². The molecule has 156 valence electrons. The van der Waals surface area contributed by atoms with Crippen molar-refractivity contribution in [2.24, 2.45) is 5.73 Å². The third-order valence-corrected chi connectivity index (χ3v) is 4.26. The van der Waals surface area contributed by atoms with Gasteiger partial charge < -0.3 is 21.1 Å². The molecular formula is C20H16ClF3N4O2. The van der Waals surface area contributed by atoms with Gasteiger partial charge in [-0.05, 0) is 48.5 Å². The second kappa shape index (κ2) is 8.91. The number of hydrogen-bond donors (Lipinski definition) is 3.